The van der Waals surface area contributed by atoms with Crippen LogP contribution in [0.5, 0.6) is 0 Å². The van der Waals surface area contributed by atoms with Crippen LogP contribution in [0.1, 0.15) is 24.4 Å². The minimum Gasteiger partial charge on any atom is -0.465 e. The van der Waals surface area contributed by atoms with Crippen molar-refractivity contribution in [2.45, 2.75) is 32.4 Å². The number of nitrogens with two attached hydrogens (primary N) is 1. The molecule has 84 valence electrons. The molecule has 0 saturated heterocycles. The molecule has 2 rings (SSSR count). The zero-order chi connectivity index (χ0) is 11.1. The Hall–Kier alpha value is -0.850. The van der Waals surface area contributed by atoms with E-state index in [1.807, 2.05) is 13.0 Å². The predicted molar refractivity (Wildman–Crippen MR) is 55.1 cm³/mol. The van der Waals surface area contributed by atoms with Crippen molar-refractivity contribution in [3.8, 4) is 0 Å². The molecule has 0 atom stereocenters. The third-order valence-electron chi connectivity index (χ3n) is 2.39. The Morgan fingerprint density at radius 3 is 2.60 bits per heavy atom. The molecule has 1 fully saturated rings. The number of aryl methyl sites for hydroxylation is 1. The molecule has 1 aromatic rings. The second-order valence-electron chi connectivity index (χ2n) is 3.83. The van der Waals surface area contributed by atoms with Crippen molar-refractivity contribution < 1.29 is 12.8 Å². The topological polar surface area (TPSA) is 76.5 Å². The number of hydrogen-bond acceptors (Lipinski definition) is 3. The molecule has 1 heterocycles. The van der Waals surface area contributed by atoms with E-state index >= 15 is 0 Å². The van der Waals surface area contributed by atoms with Gasteiger partial charge in [-0.1, -0.05) is 0 Å². The maximum absolute atomic E-state index is 11.3. The Morgan fingerprint density at radius 2 is 2.20 bits per heavy atom. The molecule has 1 saturated carbocycles. The normalized spacial score (nSPS) is 17.3. The number of hydrogen-bond donors (Lipinski definition) is 1. The van der Waals surface area contributed by atoms with E-state index in [1.54, 1.807) is 6.07 Å². The summed E-state index contributed by atoms with van der Waals surface area (Å²) in [6.07, 6.45) is 1.77. The van der Waals surface area contributed by atoms with Gasteiger partial charge in [0.25, 0.3) is 10.2 Å². The highest BCUT2D eigenvalue weighted by atomic mass is 32.2. The smallest absolute Gasteiger partial charge is 0.277 e. The van der Waals surface area contributed by atoms with E-state index in [4.69, 9.17) is 9.56 Å². The van der Waals surface area contributed by atoms with Crippen molar-refractivity contribution in [2.75, 3.05) is 0 Å². The highest BCUT2D eigenvalue weighted by molar-refractivity contribution is 7.86. The van der Waals surface area contributed by atoms with Crippen molar-refractivity contribution in [3.05, 3.63) is 23.7 Å². The SMILES string of the molecule is Cc1ccc(CN(C2CC2)S(N)(=O)=O)o1. The fraction of sp³-hybridized carbons (Fsp3) is 0.556. The summed E-state index contributed by atoms with van der Waals surface area (Å²) in [4.78, 5) is 0. The van der Waals surface area contributed by atoms with Crippen LogP contribution in [-0.2, 0) is 16.8 Å². The van der Waals surface area contributed by atoms with E-state index in [0.29, 0.717) is 5.76 Å². The minimum absolute atomic E-state index is 0.0606. The third kappa shape index (κ3) is 2.58. The van der Waals surface area contributed by atoms with E-state index < -0.39 is 10.2 Å². The standard InChI is InChI=1S/C9H14N2O3S/c1-7-2-5-9(14-7)6-11(8-3-4-8)15(10,12)13/h2,5,8H,3-4,6H2,1H3,(H2,10,12,13). The molecule has 1 aliphatic rings. The number of furan rings is 1. The van der Waals surface area contributed by atoms with Gasteiger partial charge in [0.2, 0.25) is 0 Å². The summed E-state index contributed by atoms with van der Waals surface area (Å²) in [6, 6.07) is 3.64. The molecule has 1 aliphatic carbocycles. The molecule has 1 aromatic heterocycles. The molecule has 6 heteroatoms. The minimum atomic E-state index is -3.62. The zero-order valence-electron chi connectivity index (χ0n) is 8.51. The Morgan fingerprint density at radius 1 is 1.53 bits per heavy atom. The molecule has 0 aliphatic heterocycles. The summed E-state index contributed by atoms with van der Waals surface area (Å²) in [5.41, 5.74) is 0. The molecular formula is C9H14N2O3S. The lowest BCUT2D eigenvalue weighted by Crippen LogP contribution is -2.37. The van der Waals surface area contributed by atoms with E-state index in [-0.39, 0.29) is 12.6 Å². The molecule has 0 aromatic carbocycles. The van der Waals surface area contributed by atoms with Crippen molar-refractivity contribution >= 4 is 10.2 Å². The van der Waals surface area contributed by atoms with E-state index in [9.17, 15) is 8.42 Å². The quantitative estimate of drug-likeness (QED) is 0.829. The molecule has 2 N–H and O–H groups in total. The van der Waals surface area contributed by atoms with E-state index in [0.717, 1.165) is 18.6 Å². The van der Waals surface area contributed by atoms with Crippen LogP contribution in [0.4, 0.5) is 0 Å². The van der Waals surface area contributed by atoms with Gasteiger partial charge in [-0.25, -0.2) is 5.14 Å². The average Bonchev–Trinajstić information content (AvgIpc) is 2.85. The van der Waals surface area contributed by atoms with Gasteiger partial charge in [0.05, 0.1) is 6.54 Å². The number of rotatable bonds is 4. The molecule has 0 amide bonds. The summed E-state index contributed by atoms with van der Waals surface area (Å²) in [7, 11) is -3.62. The monoisotopic (exact) mass is 230 g/mol. The van der Waals surface area contributed by atoms with Gasteiger partial charge in [0.1, 0.15) is 11.5 Å². The van der Waals surface area contributed by atoms with Crippen LogP contribution in [0.2, 0.25) is 0 Å². The maximum atomic E-state index is 11.3. The molecule has 0 spiro atoms. The molecule has 5 nitrogen and oxygen atoms in total. The van der Waals surface area contributed by atoms with Crippen molar-refractivity contribution in [3.63, 3.8) is 0 Å². The third-order valence-corrected chi connectivity index (χ3v) is 3.47. The van der Waals surface area contributed by atoms with Gasteiger partial charge in [-0.3, -0.25) is 0 Å². The van der Waals surface area contributed by atoms with Crippen LogP contribution >= 0.6 is 0 Å². The lowest BCUT2D eigenvalue weighted by atomic mass is 10.4. The maximum Gasteiger partial charge on any atom is 0.277 e. The summed E-state index contributed by atoms with van der Waals surface area (Å²) in [5, 5.41) is 5.13. The van der Waals surface area contributed by atoms with Crippen molar-refractivity contribution in [1.82, 2.24) is 4.31 Å². The zero-order valence-corrected chi connectivity index (χ0v) is 9.33. The van der Waals surface area contributed by atoms with Crippen LogP contribution in [0.3, 0.4) is 0 Å². The molecule has 0 radical (unpaired) electrons. The van der Waals surface area contributed by atoms with Gasteiger partial charge in [0.15, 0.2) is 0 Å². The number of nitrogens with zero attached hydrogens (tertiary/aromatic N) is 1. The second kappa shape index (κ2) is 3.62. The van der Waals surface area contributed by atoms with Crippen molar-refractivity contribution in [2.24, 2.45) is 5.14 Å². The summed E-state index contributed by atoms with van der Waals surface area (Å²) in [5.74, 6) is 1.41. The van der Waals surface area contributed by atoms with Crippen LogP contribution in [0.15, 0.2) is 16.5 Å². The van der Waals surface area contributed by atoms with E-state index in [2.05, 4.69) is 0 Å². The lowest BCUT2D eigenvalue weighted by Gasteiger charge is -2.16. The van der Waals surface area contributed by atoms with Crippen LogP contribution < -0.4 is 5.14 Å². The Labute approximate surface area is 89.0 Å². The fourth-order valence-corrected chi connectivity index (χ4v) is 2.45. The van der Waals surface area contributed by atoms with Gasteiger partial charge in [-0.15, -0.1) is 0 Å². The Balaban J connectivity index is 2.14. The highest BCUT2D eigenvalue weighted by Gasteiger charge is 2.35. The van der Waals surface area contributed by atoms with Gasteiger partial charge in [0, 0.05) is 6.04 Å². The first kappa shape index (κ1) is 10.7. The first-order valence-corrected chi connectivity index (χ1v) is 6.32. The second-order valence-corrected chi connectivity index (χ2v) is 5.33. The largest absolute Gasteiger partial charge is 0.465 e. The van der Waals surface area contributed by atoms with Gasteiger partial charge < -0.3 is 4.42 Å². The summed E-state index contributed by atoms with van der Waals surface area (Å²) < 4.78 is 29.2. The van der Waals surface area contributed by atoms with Crippen molar-refractivity contribution in [1.29, 1.82) is 0 Å². The average molecular weight is 230 g/mol. The lowest BCUT2D eigenvalue weighted by molar-refractivity contribution is 0.352. The van der Waals surface area contributed by atoms with Crippen LogP contribution in [-0.4, -0.2) is 18.8 Å². The van der Waals surface area contributed by atoms with Gasteiger partial charge in [-0.05, 0) is 31.9 Å². The molecular weight excluding hydrogens is 216 g/mol. The predicted octanol–water partition coefficient (Wildman–Crippen LogP) is 0.756. The summed E-state index contributed by atoms with van der Waals surface area (Å²) in [6.45, 7) is 2.05. The fourth-order valence-electron chi connectivity index (χ4n) is 1.51. The van der Waals surface area contributed by atoms with Gasteiger partial charge in [-0.2, -0.15) is 12.7 Å². The first-order valence-electron chi connectivity index (χ1n) is 4.82. The van der Waals surface area contributed by atoms with Gasteiger partial charge >= 0.3 is 0 Å². The van der Waals surface area contributed by atoms with Crippen LogP contribution in [0, 0.1) is 6.92 Å². The molecule has 0 bridgehead atoms. The highest BCUT2D eigenvalue weighted by Crippen LogP contribution is 2.29. The molecule has 0 unspecified atom stereocenters. The first-order chi connectivity index (χ1) is 6.97. The summed E-state index contributed by atoms with van der Waals surface area (Å²) >= 11 is 0. The van der Waals surface area contributed by atoms with E-state index in [1.165, 1.54) is 4.31 Å². The molecule has 15 heavy (non-hydrogen) atoms. The van der Waals surface area contributed by atoms with Crippen LogP contribution in [0.25, 0.3) is 0 Å². The Kier molecular flexibility index (Phi) is 2.57. The Bertz CT molecular complexity index is 448.